The molecule has 0 saturated heterocycles. The van der Waals surface area contributed by atoms with Crippen LogP contribution in [0.2, 0.25) is 0 Å². The Hall–Kier alpha value is -2.91. The first kappa shape index (κ1) is 18.9. The predicted molar refractivity (Wildman–Crippen MR) is 102 cm³/mol. The molecule has 3 heterocycles. The smallest absolute Gasteiger partial charge is 0.307 e. The van der Waals surface area contributed by atoms with E-state index in [1.165, 1.54) is 24.7 Å². The van der Waals surface area contributed by atoms with Crippen LogP contribution in [-0.4, -0.2) is 24.9 Å². The highest BCUT2D eigenvalue weighted by Crippen LogP contribution is 2.26. The lowest BCUT2D eigenvalue weighted by Crippen LogP contribution is -2.29. The number of methoxy groups -OCH3 is 1. The molecule has 0 aromatic carbocycles. The number of thiophene rings is 2. The van der Waals surface area contributed by atoms with E-state index >= 15 is 0 Å². The van der Waals surface area contributed by atoms with Crippen molar-refractivity contribution < 1.29 is 23.5 Å². The molecule has 0 spiro atoms. The van der Waals surface area contributed by atoms with Gasteiger partial charge in [0.2, 0.25) is 0 Å². The summed E-state index contributed by atoms with van der Waals surface area (Å²) in [5.41, 5.74) is 0. The van der Waals surface area contributed by atoms with E-state index < -0.39 is 17.9 Å². The third kappa shape index (κ3) is 4.83. The SMILES string of the molecule is COC(=O)CC(NC(=O)c1ccc(NC(=O)c2ccco2)s1)c1cccs1. The van der Waals surface area contributed by atoms with Crippen molar-refractivity contribution >= 4 is 45.5 Å². The average molecular weight is 404 g/mol. The predicted octanol–water partition coefficient (Wildman–Crippen LogP) is 3.69. The van der Waals surface area contributed by atoms with E-state index in [2.05, 4.69) is 10.6 Å². The molecule has 3 aromatic heterocycles. The number of ether oxygens (including phenoxy) is 1. The second-order valence-electron chi connectivity index (χ2n) is 5.42. The number of esters is 1. The van der Waals surface area contributed by atoms with Gasteiger partial charge in [-0.2, -0.15) is 0 Å². The van der Waals surface area contributed by atoms with Gasteiger partial charge in [-0.1, -0.05) is 6.07 Å². The van der Waals surface area contributed by atoms with E-state index in [1.807, 2.05) is 17.5 Å². The first-order valence-electron chi connectivity index (χ1n) is 7.92. The van der Waals surface area contributed by atoms with Gasteiger partial charge in [0.25, 0.3) is 11.8 Å². The molecule has 1 atom stereocenters. The molecule has 0 aliphatic heterocycles. The fourth-order valence-corrected chi connectivity index (χ4v) is 3.88. The molecule has 140 valence electrons. The van der Waals surface area contributed by atoms with Crippen LogP contribution in [0.25, 0.3) is 0 Å². The number of furan rings is 1. The molecule has 1 unspecified atom stereocenters. The summed E-state index contributed by atoms with van der Waals surface area (Å²) in [5, 5.41) is 7.91. The van der Waals surface area contributed by atoms with Crippen LogP contribution >= 0.6 is 22.7 Å². The highest BCUT2D eigenvalue weighted by atomic mass is 32.1. The molecule has 0 aliphatic carbocycles. The molecule has 27 heavy (non-hydrogen) atoms. The maximum Gasteiger partial charge on any atom is 0.307 e. The number of anilines is 1. The van der Waals surface area contributed by atoms with Gasteiger partial charge in [0.05, 0.1) is 35.7 Å². The van der Waals surface area contributed by atoms with E-state index in [4.69, 9.17) is 9.15 Å². The minimum absolute atomic E-state index is 0.0379. The van der Waals surface area contributed by atoms with Crippen LogP contribution in [0.15, 0.2) is 52.5 Å². The molecule has 3 rings (SSSR count). The van der Waals surface area contributed by atoms with Crippen molar-refractivity contribution in [1.82, 2.24) is 5.32 Å². The second kappa shape index (κ2) is 8.65. The number of carbonyl (C=O) groups is 3. The molecule has 3 aromatic rings. The van der Waals surface area contributed by atoms with Crippen molar-refractivity contribution in [2.75, 3.05) is 12.4 Å². The van der Waals surface area contributed by atoms with E-state index in [0.29, 0.717) is 9.88 Å². The highest BCUT2D eigenvalue weighted by Gasteiger charge is 2.21. The first-order valence-corrected chi connectivity index (χ1v) is 9.62. The zero-order valence-corrected chi connectivity index (χ0v) is 15.9. The first-order chi connectivity index (χ1) is 13.1. The van der Waals surface area contributed by atoms with E-state index in [1.54, 1.807) is 24.3 Å². The van der Waals surface area contributed by atoms with Gasteiger partial charge in [0, 0.05) is 4.88 Å². The van der Waals surface area contributed by atoms with Gasteiger partial charge >= 0.3 is 5.97 Å². The Morgan fingerprint density at radius 3 is 2.67 bits per heavy atom. The number of hydrogen-bond donors (Lipinski definition) is 2. The summed E-state index contributed by atoms with van der Waals surface area (Å²) < 4.78 is 9.74. The molecule has 2 N–H and O–H groups in total. The standard InChI is InChI=1S/C18H16N2O5S2/c1-24-16(21)10-11(13-5-3-9-26-13)19-18(23)14-6-7-15(27-14)20-17(22)12-4-2-8-25-12/h2-9,11H,10H2,1H3,(H,19,23)(H,20,22). The second-order valence-corrected chi connectivity index (χ2v) is 7.48. The quantitative estimate of drug-likeness (QED) is 0.585. The Bertz CT molecular complexity index is 916. The number of hydrogen-bond acceptors (Lipinski definition) is 7. The fraction of sp³-hybridized carbons (Fsp3) is 0.167. The van der Waals surface area contributed by atoms with Crippen LogP contribution in [0.5, 0.6) is 0 Å². The van der Waals surface area contributed by atoms with E-state index in [0.717, 1.165) is 16.2 Å². The van der Waals surface area contributed by atoms with E-state index in [9.17, 15) is 14.4 Å². The van der Waals surface area contributed by atoms with Crippen molar-refractivity contribution in [2.24, 2.45) is 0 Å². The van der Waals surface area contributed by atoms with Crippen LogP contribution in [-0.2, 0) is 9.53 Å². The summed E-state index contributed by atoms with van der Waals surface area (Å²) in [6, 6.07) is 9.64. The Balaban J connectivity index is 1.67. The summed E-state index contributed by atoms with van der Waals surface area (Å²) in [7, 11) is 1.31. The summed E-state index contributed by atoms with van der Waals surface area (Å²) >= 11 is 2.58. The van der Waals surface area contributed by atoms with Gasteiger partial charge in [-0.05, 0) is 35.7 Å². The summed E-state index contributed by atoms with van der Waals surface area (Å²) in [6.45, 7) is 0. The van der Waals surface area contributed by atoms with Crippen molar-refractivity contribution in [1.29, 1.82) is 0 Å². The molecular weight excluding hydrogens is 388 g/mol. The minimum atomic E-state index is -0.479. The normalized spacial score (nSPS) is 11.6. The van der Waals surface area contributed by atoms with Crippen molar-refractivity contribution in [3.63, 3.8) is 0 Å². The Morgan fingerprint density at radius 2 is 2.00 bits per heavy atom. The third-order valence-corrected chi connectivity index (χ3v) is 5.59. The summed E-state index contributed by atoms with van der Waals surface area (Å²) in [4.78, 5) is 37.5. The highest BCUT2D eigenvalue weighted by molar-refractivity contribution is 7.18. The van der Waals surface area contributed by atoms with Gasteiger partial charge in [0.1, 0.15) is 0 Å². The lowest BCUT2D eigenvalue weighted by atomic mass is 10.1. The molecule has 0 saturated carbocycles. The topological polar surface area (TPSA) is 97.6 Å². The van der Waals surface area contributed by atoms with Gasteiger partial charge in [0.15, 0.2) is 5.76 Å². The van der Waals surface area contributed by atoms with E-state index in [-0.39, 0.29) is 18.1 Å². The van der Waals surface area contributed by atoms with Crippen molar-refractivity contribution in [3.05, 3.63) is 63.6 Å². The molecule has 7 nitrogen and oxygen atoms in total. The Labute approximate surface area is 163 Å². The molecule has 0 radical (unpaired) electrons. The average Bonchev–Trinajstić information content (AvgIpc) is 3.42. The zero-order chi connectivity index (χ0) is 19.2. The van der Waals surface area contributed by atoms with Gasteiger partial charge in [-0.15, -0.1) is 22.7 Å². The van der Waals surface area contributed by atoms with Crippen LogP contribution in [0.4, 0.5) is 5.00 Å². The number of rotatable bonds is 7. The summed E-state index contributed by atoms with van der Waals surface area (Å²) in [6.07, 6.45) is 1.45. The van der Waals surface area contributed by atoms with Crippen molar-refractivity contribution in [2.45, 2.75) is 12.5 Å². The van der Waals surface area contributed by atoms with Crippen LogP contribution < -0.4 is 10.6 Å². The van der Waals surface area contributed by atoms with Gasteiger partial charge < -0.3 is 19.8 Å². The fourth-order valence-electron chi connectivity index (χ4n) is 2.30. The monoisotopic (exact) mass is 404 g/mol. The number of carbonyl (C=O) groups excluding carboxylic acids is 3. The lowest BCUT2D eigenvalue weighted by molar-refractivity contribution is -0.141. The minimum Gasteiger partial charge on any atom is -0.469 e. The van der Waals surface area contributed by atoms with Crippen molar-refractivity contribution in [3.8, 4) is 0 Å². The lowest BCUT2D eigenvalue weighted by Gasteiger charge is -2.15. The van der Waals surface area contributed by atoms with Crippen LogP contribution in [0.3, 0.4) is 0 Å². The molecule has 2 amide bonds. The van der Waals surface area contributed by atoms with Crippen LogP contribution in [0, 0.1) is 0 Å². The number of amides is 2. The number of nitrogens with one attached hydrogen (secondary N) is 2. The molecule has 0 fully saturated rings. The Morgan fingerprint density at radius 1 is 1.15 bits per heavy atom. The maximum atomic E-state index is 12.6. The van der Waals surface area contributed by atoms with Gasteiger partial charge in [-0.25, -0.2) is 0 Å². The summed E-state index contributed by atoms with van der Waals surface area (Å²) in [5.74, 6) is -0.951. The molecular formula is C18H16N2O5S2. The molecule has 0 bridgehead atoms. The third-order valence-electron chi connectivity index (χ3n) is 3.60. The van der Waals surface area contributed by atoms with Gasteiger partial charge in [-0.3, -0.25) is 14.4 Å². The van der Waals surface area contributed by atoms with Crippen LogP contribution in [0.1, 0.15) is 37.6 Å². The largest absolute Gasteiger partial charge is 0.469 e. The molecule has 0 aliphatic rings. The molecule has 9 heteroatoms. The Kier molecular flexibility index (Phi) is 6.05. The maximum absolute atomic E-state index is 12.6. The zero-order valence-electron chi connectivity index (χ0n) is 14.3.